The van der Waals surface area contributed by atoms with Gasteiger partial charge in [-0.15, -0.1) is 0 Å². The highest BCUT2D eigenvalue weighted by Crippen LogP contribution is 2.30. The minimum atomic E-state index is -4.58. The average molecular weight is 618 g/mol. The number of pyridine rings is 1. The molecule has 0 unspecified atom stereocenters. The maximum Gasteiger partial charge on any atom is 0.416 e. The Morgan fingerprint density at radius 1 is 1.09 bits per heavy atom. The minimum Gasteiger partial charge on any atom is -0.348 e. The third kappa shape index (κ3) is 5.77. The maximum absolute atomic E-state index is 13.2. The highest BCUT2D eigenvalue weighted by atomic mass is 127. The third-order valence-corrected chi connectivity index (χ3v) is 8.35. The number of aryl methyl sites for hydroxylation is 1. The van der Waals surface area contributed by atoms with Crippen LogP contribution in [0.15, 0.2) is 64.3 Å². The zero-order valence-electron chi connectivity index (χ0n) is 19.0. The van der Waals surface area contributed by atoms with E-state index in [4.69, 9.17) is 0 Å². The van der Waals surface area contributed by atoms with Gasteiger partial charge in [0.15, 0.2) is 9.84 Å². The highest BCUT2D eigenvalue weighted by Gasteiger charge is 2.31. The van der Waals surface area contributed by atoms with Crippen LogP contribution in [0.3, 0.4) is 0 Å². The van der Waals surface area contributed by atoms with Crippen molar-refractivity contribution in [3.05, 3.63) is 90.9 Å². The lowest BCUT2D eigenvalue weighted by atomic mass is 10.1. The van der Waals surface area contributed by atoms with Crippen LogP contribution in [0, 0.1) is 10.5 Å². The van der Waals surface area contributed by atoms with Crippen molar-refractivity contribution >= 4 is 38.3 Å². The molecule has 1 N–H and O–H groups in total. The van der Waals surface area contributed by atoms with E-state index in [1.165, 1.54) is 24.3 Å². The van der Waals surface area contributed by atoms with Gasteiger partial charge in [0.2, 0.25) is 0 Å². The predicted octanol–water partition coefficient (Wildman–Crippen LogP) is 4.88. The largest absolute Gasteiger partial charge is 0.416 e. The second kappa shape index (κ2) is 10.1. The Labute approximate surface area is 214 Å². The van der Waals surface area contributed by atoms with Gasteiger partial charge < -0.3 is 5.32 Å². The molecule has 0 aliphatic rings. The van der Waals surface area contributed by atoms with Crippen molar-refractivity contribution < 1.29 is 26.4 Å². The van der Waals surface area contributed by atoms with Crippen molar-refractivity contribution in [2.45, 2.75) is 43.6 Å². The molecule has 0 aliphatic carbocycles. The van der Waals surface area contributed by atoms with Crippen LogP contribution in [-0.2, 0) is 22.6 Å². The fraction of sp³-hybridized carbons (Fsp3) is 0.250. The predicted molar refractivity (Wildman–Crippen MR) is 134 cm³/mol. The van der Waals surface area contributed by atoms with Crippen molar-refractivity contribution in [1.82, 2.24) is 9.88 Å². The molecule has 186 valence electrons. The van der Waals surface area contributed by atoms with E-state index in [1.54, 1.807) is 39.0 Å². The molecule has 0 spiro atoms. The number of aromatic nitrogens is 1. The quantitative estimate of drug-likeness (QED) is 0.400. The van der Waals surface area contributed by atoms with Crippen molar-refractivity contribution in [1.29, 1.82) is 0 Å². The summed E-state index contributed by atoms with van der Waals surface area (Å²) in [6.45, 7) is 4.75. The summed E-state index contributed by atoms with van der Waals surface area (Å²) in [6.07, 6.45) is -4.58. The lowest BCUT2D eigenvalue weighted by Crippen LogP contribution is -2.34. The number of halogens is 4. The van der Waals surface area contributed by atoms with Gasteiger partial charge in [-0.25, -0.2) is 8.42 Å². The summed E-state index contributed by atoms with van der Waals surface area (Å²) in [5.41, 5.74) is -0.876. The van der Waals surface area contributed by atoms with E-state index in [0.29, 0.717) is 14.8 Å². The fourth-order valence-corrected chi connectivity index (χ4v) is 5.37. The molecular formula is C24H22F3IN2O4S. The molecule has 3 aromatic rings. The summed E-state index contributed by atoms with van der Waals surface area (Å²) in [7, 11) is -3.43. The molecule has 0 fully saturated rings. The smallest absolute Gasteiger partial charge is 0.348 e. The van der Waals surface area contributed by atoms with Gasteiger partial charge in [0, 0.05) is 21.5 Å². The average Bonchev–Trinajstić information content (AvgIpc) is 2.77. The van der Waals surface area contributed by atoms with Crippen molar-refractivity contribution in [3.63, 3.8) is 0 Å². The Morgan fingerprint density at radius 2 is 1.71 bits per heavy atom. The number of carbonyl (C=O) groups is 1. The van der Waals surface area contributed by atoms with Gasteiger partial charge in [0.05, 0.1) is 15.7 Å². The first-order valence-electron chi connectivity index (χ1n) is 10.4. The molecule has 6 nitrogen and oxygen atoms in total. The molecule has 35 heavy (non-hydrogen) atoms. The van der Waals surface area contributed by atoms with Gasteiger partial charge in [-0.1, -0.05) is 18.2 Å². The summed E-state index contributed by atoms with van der Waals surface area (Å²) in [5, 5.41) is 2.05. The van der Waals surface area contributed by atoms with Gasteiger partial charge in [0.1, 0.15) is 5.56 Å². The Bertz CT molecular complexity index is 1430. The first-order valence-corrected chi connectivity index (χ1v) is 13.1. The van der Waals surface area contributed by atoms with E-state index >= 15 is 0 Å². The van der Waals surface area contributed by atoms with Crippen molar-refractivity contribution in [3.8, 4) is 5.69 Å². The molecule has 3 rings (SSSR count). The summed E-state index contributed by atoms with van der Waals surface area (Å²) in [5.74, 6) is -0.695. The van der Waals surface area contributed by atoms with Crippen LogP contribution in [-0.4, -0.2) is 24.1 Å². The first-order chi connectivity index (χ1) is 16.2. The monoisotopic (exact) mass is 618 g/mol. The second-order valence-electron chi connectivity index (χ2n) is 8.12. The molecular weight excluding hydrogens is 596 g/mol. The Kier molecular flexibility index (Phi) is 7.80. The molecule has 0 aliphatic heterocycles. The van der Waals surface area contributed by atoms with Crippen LogP contribution in [0.5, 0.6) is 0 Å². The SMILES string of the molecule is Cc1cc(I)c(C(=O)NCc2ccc(S(=O)(=O)C(C)C)cc2)c(=O)n1-c1cccc(C(F)(F)F)c1. The second-order valence-corrected chi connectivity index (χ2v) is 11.8. The van der Waals surface area contributed by atoms with Gasteiger partial charge in [-0.05, 0) is 85.3 Å². The molecule has 1 amide bonds. The Balaban J connectivity index is 1.90. The van der Waals surface area contributed by atoms with E-state index in [1.807, 2.05) is 22.6 Å². The number of hydrogen-bond donors (Lipinski definition) is 1. The number of amides is 1. The summed E-state index contributed by atoms with van der Waals surface area (Å²) in [6, 6.07) is 11.9. The number of nitrogens with zero attached hydrogens (tertiary/aromatic N) is 1. The number of hydrogen-bond acceptors (Lipinski definition) is 4. The Morgan fingerprint density at radius 3 is 2.29 bits per heavy atom. The normalized spacial score (nSPS) is 12.1. The van der Waals surface area contributed by atoms with Crippen LogP contribution in [0.4, 0.5) is 13.2 Å². The fourth-order valence-electron chi connectivity index (χ4n) is 3.38. The number of carbonyl (C=O) groups excluding carboxylic acids is 1. The number of sulfone groups is 1. The summed E-state index contributed by atoms with van der Waals surface area (Å²) in [4.78, 5) is 26.3. The standard InChI is InChI=1S/C24H22F3IN2O4S/c1-14(2)35(33,34)19-9-7-16(8-10-19)13-29-22(31)21-20(28)11-15(3)30(23(21)32)18-6-4-5-17(12-18)24(25,26)27/h4-12,14H,13H2,1-3H3,(H,29,31). The lowest BCUT2D eigenvalue weighted by Gasteiger charge is -2.16. The zero-order chi connectivity index (χ0) is 26.1. The van der Waals surface area contributed by atoms with E-state index in [0.717, 1.165) is 16.7 Å². The van der Waals surface area contributed by atoms with Gasteiger partial charge in [-0.2, -0.15) is 13.2 Å². The molecule has 1 heterocycles. The number of rotatable bonds is 6. The van der Waals surface area contributed by atoms with Crippen molar-refractivity contribution in [2.75, 3.05) is 0 Å². The van der Waals surface area contributed by atoms with E-state index in [-0.39, 0.29) is 22.7 Å². The minimum absolute atomic E-state index is 0.00488. The zero-order valence-corrected chi connectivity index (χ0v) is 22.0. The van der Waals surface area contributed by atoms with E-state index < -0.39 is 38.3 Å². The van der Waals surface area contributed by atoms with Crippen LogP contribution in [0.2, 0.25) is 0 Å². The summed E-state index contributed by atoms with van der Waals surface area (Å²) >= 11 is 1.84. The lowest BCUT2D eigenvalue weighted by molar-refractivity contribution is -0.137. The van der Waals surface area contributed by atoms with E-state index in [9.17, 15) is 31.2 Å². The first kappa shape index (κ1) is 26.9. The number of benzene rings is 2. The molecule has 0 radical (unpaired) electrons. The van der Waals surface area contributed by atoms with Crippen molar-refractivity contribution in [2.24, 2.45) is 0 Å². The van der Waals surface area contributed by atoms with Crippen LogP contribution in [0.25, 0.3) is 5.69 Å². The molecule has 11 heteroatoms. The van der Waals surface area contributed by atoms with Crippen LogP contribution < -0.4 is 10.9 Å². The molecule has 0 saturated heterocycles. The van der Waals surface area contributed by atoms with Crippen LogP contribution in [0.1, 0.15) is 41.0 Å². The molecule has 2 aromatic carbocycles. The number of nitrogens with one attached hydrogen (secondary N) is 1. The third-order valence-electron chi connectivity index (χ3n) is 5.33. The van der Waals surface area contributed by atoms with Crippen LogP contribution >= 0.6 is 22.6 Å². The van der Waals surface area contributed by atoms with Gasteiger partial charge >= 0.3 is 6.18 Å². The number of alkyl halides is 3. The summed E-state index contributed by atoms with van der Waals surface area (Å²) < 4.78 is 65.4. The molecule has 0 bridgehead atoms. The topological polar surface area (TPSA) is 85.2 Å². The Hall–Kier alpha value is -2.67. The molecule has 0 saturated carbocycles. The van der Waals surface area contributed by atoms with E-state index in [2.05, 4.69) is 5.32 Å². The maximum atomic E-state index is 13.2. The van der Waals surface area contributed by atoms with Gasteiger partial charge in [0.25, 0.3) is 11.5 Å². The molecule has 1 aromatic heterocycles. The molecule has 0 atom stereocenters. The van der Waals surface area contributed by atoms with Gasteiger partial charge in [-0.3, -0.25) is 14.2 Å². The highest BCUT2D eigenvalue weighted by molar-refractivity contribution is 14.1.